The van der Waals surface area contributed by atoms with Crippen LogP contribution in [0.3, 0.4) is 0 Å². The van der Waals surface area contributed by atoms with Gasteiger partial charge in [0.15, 0.2) is 0 Å². The maximum Gasteiger partial charge on any atom is 0.0542 e. The van der Waals surface area contributed by atoms with Gasteiger partial charge in [-0.3, -0.25) is 44.9 Å². The van der Waals surface area contributed by atoms with Crippen LogP contribution in [-0.2, 0) is 10.8 Å². The second-order valence-electron chi connectivity index (χ2n) is 26.9. The fraction of sp³-hybridized carbons (Fsp3) is 0.345. The molecule has 0 saturated heterocycles. The van der Waals surface area contributed by atoms with E-state index in [1.807, 2.05) is 147 Å². The molecule has 2 aromatic carbocycles. The molecule has 0 aliphatic heterocycles. The van der Waals surface area contributed by atoms with Gasteiger partial charge in [0.25, 0.3) is 0 Å². The molecule has 3 atom stereocenters. The van der Waals surface area contributed by atoms with Crippen molar-refractivity contribution >= 4 is 0 Å². The van der Waals surface area contributed by atoms with Gasteiger partial charge < -0.3 is 0 Å². The van der Waals surface area contributed by atoms with Crippen LogP contribution in [0.1, 0.15) is 203 Å². The van der Waals surface area contributed by atoms with Gasteiger partial charge in [-0.15, -0.1) is 0 Å². The van der Waals surface area contributed by atoms with Crippen LogP contribution in [0.5, 0.6) is 0 Å². The zero-order valence-electron chi connectivity index (χ0n) is 58.8. The third-order valence-electron chi connectivity index (χ3n) is 18.3. The van der Waals surface area contributed by atoms with Gasteiger partial charge in [-0.05, 0) is 188 Å². The summed E-state index contributed by atoms with van der Waals surface area (Å²) in [4.78, 5) is 40.3. The number of benzene rings is 2. The molecule has 9 heterocycles. The molecule has 0 spiro atoms. The number of pyridine rings is 9. The molecule has 0 bridgehead atoms. The summed E-state index contributed by atoms with van der Waals surface area (Å²) in [5.41, 5.74) is 12.6. The van der Waals surface area contributed by atoms with Crippen LogP contribution >= 0.6 is 0 Å². The second-order valence-corrected chi connectivity index (χ2v) is 26.9. The molecule has 11 aromatic rings. The first-order chi connectivity index (χ1) is 46.0. The van der Waals surface area contributed by atoms with Gasteiger partial charge in [0.2, 0.25) is 0 Å². The third-order valence-corrected chi connectivity index (χ3v) is 18.3. The van der Waals surface area contributed by atoms with Crippen molar-refractivity contribution in [2.24, 2.45) is 41.4 Å². The molecule has 96 heavy (non-hydrogen) atoms. The predicted octanol–water partition coefficient (Wildman–Crippen LogP) is 21.7. The minimum atomic E-state index is -0.136. The Morgan fingerprint density at radius 3 is 0.781 bits per heavy atom. The molecule has 0 radical (unpaired) electrons. The lowest BCUT2D eigenvalue weighted by Gasteiger charge is -2.34. The average molecular weight is 1280 g/mol. The molecule has 1 aliphatic carbocycles. The second kappa shape index (κ2) is 39.0. The molecule has 3 unspecified atom stereocenters. The number of aromatic nitrogens is 9. The molecule has 1 saturated carbocycles. The lowest BCUT2D eigenvalue weighted by Crippen LogP contribution is -2.32. The van der Waals surface area contributed by atoms with E-state index in [0.29, 0.717) is 41.4 Å². The third kappa shape index (κ3) is 21.7. The standard InChI is InChI=1S/C16H19N.C15H18N2.C15H17N.2C14H16N2.C12H17N.CH4/c1-13(2)16(3,14-9-5-4-6-10-14)15-11-7-8-12-17-15;1-12(2)15(3,13-8-4-6-10-16-13)14-9-5-7-11-17-14;1-12(2)15(13-8-4-3-5-9-13)14-10-6-7-11-16-14;2*1-11(2)14(12-7-3-5-9-15-12)13-8-4-6-10-16-13;1-9(2)12(10-6-7-10)11-5-3-4-8-13-11;/h4-13H,1-3H3;4-12H,1-3H3;3-12,15H,1-2H3;2*3-11,14H,1-2H3;3-5,8-10,12H,6-7H2,1-2H3;1H4. The lowest BCUT2D eigenvalue weighted by molar-refractivity contribution is 0.385. The van der Waals surface area contributed by atoms with Crippen molar-refractivity contribution in [3.8, 4) is 0 Å². The average Bonchev–Trinajstić information content (AvgIpc) is 1.90. The van der Waals surface area contributed by atoms with E-state index in [1.54, 1.807) is 0 Å². The van der Waals surface area contributed by atoms with E-state index in [9.17, 15) is 0 Å². The topological polar surface area (TPSA) is 116 Å². The molecule has 9 aromatic heterocycles. The molecule has 12 rings (SSSR count). The van der Waals surface area contributed by atoms with Gasteiger partial charge in [0.1, 0.15) is 0 Å². The highest BCUT2D eigenvalue weighted by molar-refractivity contribution is 5.36. The molecule has 500 valence electrons. The number of nitrogens with zero attached hydrogens (tertiary/aromatic N) is 9. The molecule has 9 nitrogen and oxygen atoms in total. The number of hydrogen-bond donors (Lipinski definition) is 0. The maximum absolute atomic E-state index is 4.55. The van der Waals surface area contributed by atoms with Crippen LogP contribution in [0.15, 0.2) is 280 Å². The van der Waals surface area contributed by atoms with Crippen LogP contribution in [-0.4, -0.2) is 44.9 Å². The summed E-state index contributed by atoms with van der Waals surface area (Å²) in [7, 11) is 0. The van der Waals surface area contributed by atoms with E-state index in [0.717, 1.165) is 57.4 Å². The van der Waals surface area contributed by atoms with Gasteiger partial charge in [-0.2, -0.15) is 0 Å². The van der Waals surface area contributed by atoms with Gasteiger partial charge in [-0.1, -0.05) is 206 Å². The predicted molar refractivity (Wildman–Crippen MR) is 401 cm³/mol. The van der Waals surface area contributed by atoms with Crippen molar-refractivity contribution in [3.05, 3.63) is 343 Å². The SMILES string of the molecule is C.CC(C)C(C)(c1ccccc1)c1ccccn1.CC(C)C(C)(c1ccccn1)c1ccccn1.CC(C)C(c1ccccc1)c1ccccn1.CC(C)C(c1ccccn1)C1CC1.CC(C)C(c1ccccn1)c1ccccn1.CC(C)C(c1ccccn1)c1ccccn1. The summed E-state index contributed by atoms with van der Waals surface area (Å²) in [6, 6.07) is 76.0. The van der Waals surface area contributed by atoms with Gasteiger partial charge in [0.05, 0.1) is 22.5 Å². The molecular weight excluding hydrogens is 1170 g/mol. The lowest BCUT2D eigenvalue weighted by atomic mass is 9.71. The Bertz CT molecular complexity index is 3250. The highest BCUT2D eigenvalue weighted by Crippen LogP contribution is 2.46. The van der Waals surface area contributed by atoms with E-state index in [4.69, 9.17) is 0 Å². The van der Waals surface area contributed by atoms with Crippen LogP contribution in [0, 0.1) is 41.4 Å². The number of rotatable bonds is 18. The first-order valence-corrected chi connectivity index (χ1v) is 34.3. The van der Waals surface area contributed by atoms with E-state index in [2.05, 4.69) is 275 Å². The Labute approximate surface area is 577 Å². The summed E-state index contributed by atoms with van der Waals surface area (Å²) in [5.74, 6) is 5.75. The van der Waals surface area contributed by atoms with Gasteiger partial charge in [0, 0.05) is 119 Å². The van der Waals surface area contributed by atoms with Crippen LogP contribution < -0.4 is 0 Å². The van der Waals surface area contributed by atoms with Crippen molar-refractivity contribution < 1.29 is 0 Å². The molecule has 1 fully saturated rings. The fourth-order valence-corrected chi connectivity index (χ4v) is 12.5. The van der Waals surface area contributed by atoms with Gasteiger partial charge in [-0.25, -0.2) is 0 Å². The molecule has 0 amide bonds. The smallest absolute Gasteiger partial charge is 0.0542 e. The Morgan fingerprint density at radius 2 is 0.531 bits per heavy atom. The Morgan fingerprint density at radius 1 is 0.271 bits per heavy atom. The normalized spacial score (nSPS) is 13.0. The van der Waals surface area contributed by atoms with E-state index in [-0.39, 0.29) is 30.1 Å². The largest absolute Gasteiger partial charge is 0.261 e. The van der Waals surface area contributed by atoms with Crippen LogP contribution in [0.25, 0.3) is 0 Å². The zero-order chi connectivity index (χ0) is 68.0. The first kappa shape index (κ1) is 75.8. The molecule has 0 N–H and O–H groups in total. The maximum atomic E-state index is 4.55. The Balaban J connectivity index is 0.000000182. The summed E-state index contributed by atoms with van der Waals surface area (Å²) in [5, 5.41) is 0. The van der Waals surface area contributed by atoms with Crippen LogP contribution in [0.2, 0.25) is 0 Å². The Kier molecular flexibility index (Phi) is 30.8. The monoisotopic (exact) mass is 1280 g/mol. The minimum Gasteiger partial charge on any atom is -0.261 e. The quantitative estimate of drug-likeness (QED) is 0.0828. The van der Waals surface area contributed by atoms with Crippen molar-refractivity contribution in [3.63, 3.8) is 0 Å². The van der Waals surface area contributed by atoms with Crippen LogP contribution in [0.4, 0.5) is 0 Å². The number of hydrogen-bond acceptors (Lipinski definition) is 9. The van der Waals surface area contributed by atoms with Crippen molar-refractivity contribution in [1.82, 2.24) is 44.9 Å². The van der Waals surface area contributed by atoms with Crippen molar-refractivity contribution in [1.29, 1.82) is 0 Å². The van der Waals surface area contributed by atoms with E-state index in [1.165, 1.54) is 29.7 Å². The molecular formula is C87H107N9. The molecule has 1 aliphatic rings. The minimum absolute atomic E-state index is 0. The summed E-state index contributed by atoms with van der Waals surface area (Å²) in [6.45, 7) is 31.3. The Hall–Kier alpha value is -9.21. The zero-order valence-corrected chi connectivity index (χ0v) is 58.8. The van der Waals surface area contributed by atoms with E-state index >= 15 is 0 Å². The van der Waals surface area contributed by atoms with Crippen molar-refractivity contribution in [2.75, 3.05) is 0 Å². The fourth-order valence-electron chi connectivity index (χ4n) is 12.5. The summed E-state index contributed by atoms with van der Waals surface area (Å²) in [6.07, 6.45) is 19.5. The summed E-state index contributed by atoms with van der Waals surface area (Å²) < 4.78 is 0. The molecule has 9 heteroatoms. The van der Waals surface area contributed by atoms with E-state index < -0.39 is 0 Å². The van der Waals surface area contributed by atoms with Gasteiger partial charge >= 0.3 is 0 Å². The first-order valence-electron chi connectivity index (χ1n) is 34.3. The highest BCUT2D eigenvalue weighted by atomic mass is 14.8. The van der Waals surface area contributed by atoms with Crippen molar-refractivity contribution in [2.45, 2.75) is 152 Å². The highest BCUT2D eigenvalue weighted by Gasteiger charge is 2.37. The summed E-state index contributed by atoms with van der Waals surface area (Å²) >= 11 is 0.